The van der Waals surface area contributed by atoms with E-state index in [1.807, 2.05) is 13.8 Å². The molecule has 1 fully saturated rings. The predicted octanol–water partition coefficient (Wildman–Crippen LogP) is 1.96. The van der Waals surface area contributed by atoms with Gasteiger partial charge in [-0.1, -0.05) is 0 Å². The van der Waals surface area contributed by atoms with Gasteiger partial charge in [0.15, 0.2) is 0 Å². The molecule has 1 aliphatic rings. The Bertz CT molecular complexity index is 767. The smallest absolute Gasteiger partial charge is 0.326 e. The lowest BCUT2D eigenvalue weighted by Gasteiger charge is -2.33. The SMILES string of the molecule is Cc1nc(C)n(-c2ccc(C(=O)N3CCCC[C@@H]3C(=O)O)cc2)n1. The summed E-state index contributed by atoms with van der Waals surface area (Å²) in [5, 5.41) is 13.6. The molecular weight excluding hydrogens is 308 g/mol. The van der Waals surface area contributed by atoms with Crippen LogP contribution in [0.5, 0.6) is 0 Å². The van der Waals surface area contributed by atoms with Crippen LogP contribution >= 0.6 is 0 Å². The number of aryl methyl sites for hydroxylation is 2. The van der Waals surface area contributed by atoms with Gasteiger partial charge in [0.1, 0.15) is 17.7 Å². The van der Waals surface area contributed by atoms with E-state index in [-0.39, 0.29) is 5.91 Å². The molecule has 0 unspecified atom stereocenters. The zero-order valence-electron chi connectivity index (χ0n) is 13.8. The van der Waals surface area contributed by atoms with Crippen molar-refractivity contribution >= 4 is 11.9 Å². The summed E-state index contributed by atoms with van der Waals surface area (Å²) in [5.41, 5.74) is 1.31. The quantitative estimate of drug-likeness (QED) is 0.930. The molecule has 0 bridgehead atoms. The van der Waals surface area contributed by atoms with E-state index >= 15 is 0 Å². The summed E-state index contributed by atoms with van der Waals surface area (Å²) in [6, 6.07) is 6.29. The molecule has 1 aromatic heterocycles. The Hall–Kier alpha value is -2.70. The predicted molar refractivity (Wildman–Crippen MR) is 87.1 cm³/mol. The van der Waals surface area contributed by atoms with E-state index < -0.39 is 12.0 Å². The van der Waals surface area contributed by atoms with Crippen molar-refractivity contribution in [3.05, 3.63) is 41.5 Å². The zero-order chi connectivity index (χ0) is 17.3. The van der Waals surface area contributed by atoms with Crippen LogP contribution in [0.15, 0.2) is 24.3 Å². The normalized spacial score (nSPS) is 17.8. The third-order valence-electron chi connectivity index (χ3n) is 4.28. The molecule has 0 saturated carbocycles. The first kappa shape index (κ1) is 16.2. The number of carboxylic acids is 1. The first-order valence-electron chi connectivity index (χ1n) is 8.02. The number of benzene rings is 1. The van der Waals surface area contributed by atoms with E-state index in [0.717, 1.165) is 24.4 Å². The summed E-state index contributed by atoms with van der Waals surface area (Å²) in [5.74, 6) is 0.285. The Labute approximate surface area is 139 Å². The molecule has 1 saturated heterocycles. The Morgan fingerprint density at radius 2 is 1.88 bits per heavy atom. The van der Waals surface area contributed by atoms with Gasteiger partial charge in [-0.3, -0.25) is 4.79 Å². The molecule has 0 aliphatic carbocycles. The van der Waals surface area contributed by atoms with E-state index in [1.165, 1.54) is 4.90 Å². The van der Waals surface area contributed by atoms with Gasteiger partial charge in [-0.25, -0.2) is 14.5 Å². The number of likely N-dealkylation sites (tertiary alicyclic amines) is 1. The molecule has 0 radical (unpaired) electrons. The van der Waals surface area contributed by atoms with Crippen molar-refractivity contribution in [2.24, 2.45) is 0 Å². The molecule has 1 N–H and O–H groups in total. The van der Waals surface area contributed by atoms with Crippen LogP contribution in [-0.2, 0) is 4.79 Å². The molecule has 2 heterocycles. The van der Waals surface area contributed by atoms with E-state index in [9.17, 15) is 14.7 Å². The number of aromatic nitrogens is 3. The minimum Gasteiger partial charge on any atom is -0.480 e. The lowest BCUT2D eigenvalue weighted by molar-refractivity contribution is -0.143. The Morgan fingerprint density at radius 3 is 2.46 bits per heavy atom. The summed E-state index contributed by atoms with van der Waals surface area (Å²) in [6.07, 6.45) is 2.19. The Morgan fingerprint density at radius 1 is 1.17 bits per heavy atom. The van der Waals surface area contributed by atoms with Gasteiger partial charge in [0.2, 0.25) is 0 Å². The average molecular weight is 328 g/mol. The van der Waals surface area contributed by atoms with E-state index in [1.54, 1.807) is 28.9 Å². The number of nitrogens with zero attached hydrogens (tertiary/aromatic N) is 4. The lowest BCUT2D eigenvalue weighted by Crippen LogP contribution is -2.47. The largest absolute Gasteiger partial charge is 0.480 e. The molecule has 7 nitrogen and oxygen atoms in total. The van der Waals surface area contributed by atoms with Crippen molar-refractivity contribution in [1.29, 1.82) is 0 Å². The molecule has 1 aromatic carbocycles. The minimum atomic E-state index is -0.937. The zero-order valence-corrected chi connectivity index (χ0v) is 13.8. The second-order valence-corrected chi connectivity index (χ2v) is 6.01. The molecule has 24 heavy (non-hydrogen) atoms. The number of hydrogen-bond acceptors (Lipinski definition) is 4. The van der Waals surface area contributed by atoms with Crippen LogP contribution in [0.4, 0.5) is 0 Å². The molecule has 2 aromatic rings. The minimum absolute atomic E-state index is 0.236. The Balaban J connectivity index is 1.83. The highest BCUT2D eigenvalue weighted by Crippen LogP contribution is 2.21. The van der Waals surface area contributed by atoms with Crippen LogP contribution in [0.3, 0.4) is 0 Å². The molecule has 1 amide bonds. The fourth-order valence-electron chi connectivity index (χ4n) is 3.11. The fourth-order valence-corrected chi connectivity index (χ4v) is 3.11. The number of carbonyl (C=O) groups is 2. The average Bonchev–Trinajstić information content (AvgIpc) is 2.92. The second kappa shape index (κ2) is 6.43. The number of hydrogen-bond donors (Lipinski definition) is 1. The summed E-state index contributed by atoms with van der Waals surface area (Å²) in [4.78, 5) is 29.8. The third-order valence-corrected chi connectivity index (χ3v) is 4.28. The first-order valence-corrected chi connectivity index (χ1v) is 8.02. The summed E-state index contributed by atoms with van der Waals surface area (Å²) >= 11 is 0. The highest BCUT2D eigenvalue weighted by Gasteiger charge is 2.32. The third kappa shape index (κ3) is 3.02. The maximum atomic E-state index is 12.7. The van der Waals surface area contributed by atoms with Crippen LogP contribution in [0, 0.1) is 13.8 Å². The number of carbonyl (C=O) groups excluding carboxylic acids is 1. The molecule has 0 spiro atoms. The van der Waals surface area contributed by atoms with Gasteiger partial charge in [-0.05, 0) is 57.4 Å². The van der Waals surface area contributed by atoms with Gasteiger partial charge < -0.3 is 10.0 Å². The number of aliphatic carboxylic acids is 1. The van der Waals surface area contributed by atoms with Crippen molar-refractivity contribution in [3.8, 4) is 5.69 Å². The van der Waals surface area contributed by atoms with Crippen molar-refractivity contribution < 1.29 is 14.7 Å². The highest BCUT2D eigenvalue weighted by atomic mass is 16.4. The van der Waals surface area contributed by atoms with E-state index in [2.05, 4.69) is 10.1 Å². The number of piperidine rings is 1. The molecular formula is C17H20N4O3. The lowest BCUT2D eigenvalue weighted by atomic mass is 10.0. The van der Waals surface area contributed by atoms with Gasteiger partial charge in [0.25, 0.3) is 5.91 Å². The number of amides is 1. The van der Waals surface area contributed by atoms with Gasteiger partial charge >= 0.3 is 5.97 Å². The number of rotatable bonds is 3. The van der Waals surface area contributed by atoms with Crippen molar-refractivity contribution in [2.45, 2.75) is 39.2 Å². The molecule has 7 heteroatoms. The summed E-state index contributed by atoms with van der Waals surface area (Å²) in [7, 11) is 0. The van der Waals surface area contributed by atoms with Gasteiger partial charge in [-0.2, -0.15) is 5.10 Å². The Kier molecular flexibility index (Phi) is 4.33. The van der Waals surface area contributed by atoms with E-state index in [4.69, 9.17) is 0 Å². The van der Waals surface area contributed by atoms with Crippen LogP contribution in [0.2, 0.25) is 0 Å². The van der Waals surface area contributed by atoms with Crippen LogP contribution < -0.4 is 0 Å². The maximum Gasteiger partial charge on any atom is 0.326 e. The van der Waals surface area contributed by atoms with Gasteiger partial charge in [0.05, 0.1) is 5.69 Å². The highest BCUT2D eigenvalue weighted by molar-refractivity contribution is 5.96. The van der Waals surface area contributed by atoms with Crippen molar-refractivity contribution in [2.75, 3.05) is 6.54 Å². The monoisotopic (exact) mass is 328 g/mol. The first-order chi connectivity index (χ1) is 11.5. The molecule has 1 aliphatic heterocycles. The molecule has 1 atom stereocenters. The standard InChI is InChI=1S/C17H20N4O3/c1-11-18-12(2)21(19-11)14-8-6-13(7-9-14)16(22)20-10-4-3-5-15(20)17(23)24/h6-9,15H,3-5,10H2,1-2H3,(H,23,24)/t15-/m1/s1. The number of carboxylic acid groups (broad SMARTS) is 1. The van der Waals surface area contributed by atoms with Crippen LogP contribution in [0.25, 0.3) is 5.69 Å². The molecule has 3 rings (SSSR count). The molecule has 126 valence electrons. The second-order valence-electron chi connectivity index (χ2n) is 6.01. The maximum absolute atomic E-state index is 12.7. The van der Waals surface area contributed by atoms with Crippen LogP contribution in [0.1, 0.15) is 41.3 Å². The van der Waals surface area contributed by atoms with Crippen molar-refractivity contribution in [1.82, 2.24) is 19.7 Å². The fraction of sp³-hybridized carbons (Fsp3) is 0.412. The van der Waals surface area contributed by atoms with Gasteiger partial charge in [0, 0.05) is 12.1 Å². The van der Waals surface area contributed by atoms with Gasteiger partial charge in [-0.15, -0.1) is 0 Å². The van der Waals surface area contributed by atoms with Crippen LogP contribution in [-0.4, -0.2) is 49.2 Å². The summed E-state index contributed by atoms with van der Waals surface area (Å²) in [6.45, 7) is 4.17. The van der Waals surface area contributed by atoms with E-state index in [0.29, 0.717) is 24.4 Å². The summed E-state index contributed by atoms with van der Waals surface area (Å²) < 4.78 is 1.71. The topological polar surface area (TPSA) is 88.3 Å². The van der Waals surface area contributed by atoms with Crippen molar-refractivity contribution in [3.63, 3.8) is 0 Å².